The van der Waals surface area contributed by atoms with Crippen molar-refractivity contribution in [3.05, 3.63) is 28.8 Å². The van der Waals surface area contributed by atoms with Crippen LogP contribution in [0.5, 0.6) is 0 Å². The molecule has 2 aromatic rings. The first-order chi connectivity index (χ1) is 15.8. The highest BCUT2D eigenvalue weighted by Gasteiger charge is 2.43. The Morgan fingerprint density at radius 2 is 2.09 bits per heavy atom. The molecule has 0 spiro atoms. The van der Waals surface area contributed by atoms with Crippen LogP contribution in [0, 0.1) is 0 Å². The molecule has 0 bridgehead atoms. The predicted octanol–water partition coefficient (Wildman–Crippen LogP) is 3.24. The SMILES string of the molecule is C[C@@H]1Cc2oc(C(=O)NC[C@@H]3CCCO3)c(C(C)(F)F)c2-c2nn(C[C@H]3COCCO3)cc21. The van der Waals surface area contributed by atoms with E-state index in [2.05, 4.69) is 10.4 Å². The van der Waals surface area contributed by atoms with Crippen molar-refractivity contribution in [2.24, 2.45) is 0 Å². The van der Waals surface area contributed by atoms with E-state index in [9.17, 15) is 13.6 Å². The lowest BCUT2D eigenvalue weighted by atomic mass is 9.85. The zero-order chi connectivity index (χ0) is 23.2. The molecule has 1 N–H and O–H groups in total. The summed E-state index contributed by atoms with van der Waals surface area (Å²) >= 11 is 0. The maximum atomic E-state index is 14.9. The number of alkyl halides is 2. The summed E-state index contributed by atoms with van der Waals surface area (Å²) in [7, 11) is 0. The Hall–Kier alpha value is -2.30. The molecule has 3 atom stereocenters. The van der Waals surface area contributed by atoms with Crippen LogP contribution < -0.4 is 5.32 Å². The minimum Gasteiger partial charge on any atom is -0.455 e. The number of hydrogen-bond acceptors (Lipinski definition) is 6. The number of hydrogen-bond donors (Lipinski definition) is 1. The van der Waals surface area contributed by atoms with Crippen molar-refractivity contribution in [2.75, 3.05) is 33.0 Å². The standard InChI is InChI=1S/C23H29F2N3O5/c1-13-8-17-18(20-16(13)11-28(27-20)10-15-12-30-6-7-32-15)19(23(2,24)25)21(33-17)22(29)26-9-14-4-3-5-31-14/h11,13-15H,3-10,12H2,1-2H3,(H,26,29)/t13-,14+,15+/m1/s1. The zero-order valence-electron chi connectivity index (χ0n) is 18.9. The number of nitrogens with zero attached hydrogens (tertiary/aromatic N) is 2. The van der Waals surface area contributed by atoms with Crippen LogP contribution in [0.1, 0.15) is 60.0 Å². The molecule has 2 saturated heterocycles. The first kappa shape index (κ1) is 22.5. The first-order valence-corrected chi connectivity index (χ1v) is 11.5. The molecule has 5 rings (SSSR count). The van der Waals surface area contributed by atoms with E-state index in [1.165, 1.54) is 0 Å². The lowest BCUT2D eigenvalue weighted by Gasteiger charge is -2.22. The monoisotopic (exact) mass is 465 g/mol. The third-order valence-corrected chi connectivity index (χ3v) is 6.47. The third-order valence-electron chi connectivity index (χ3n) is 6.47. The maximum absolute atomic E-state index is 14.9. The summed E-state index contributed by atoms with van der Waals surface area (Å²) < 4.78 is 53.9. The van der Waals surface area contributed by atoms with Gasteiger partial charge in [0.1, 0.15) is 11.9 Å². The summed E-state index contributed by atoms with van der Waals surface area (Å²) in [5, 5.41) is 7.34. The topological polar surface area (TPSA) is 87.8 Å². The molecule has 0 saturated carbocycles. The molecule has 1 aliphatic carbocycles. The highest BCUT2D eigenvalue weighted by molar-refractivity contribution is 5.96. The normalized spacial score (nSPS) is 25.0. The van der Waals surface area contributed by atoms with Gasteiger partial charge in [-0.2, -0.15) is 5.10 Å². The molecule has 8 nitrogen and oxygen atoms in total. The molecule has 0 aromatic carbocycles. The Morgan fingerprint density at radius 3 is 2.79 bits per heavy atom. The summed E-state index contributed by atoms with van der Waals surface area (Å²) in [6, 6.07) is 0. The predicted molar refractivity (Wildman–Crippen MR) is 113 cm³/mol. The number of halogens is 2. The number of carbonyl (C=O) groups is 1. The second kappa shape index (κ2) is 8.81. The fourth-order valence-electron chi connectivity index (χ4n) is 4.87. The number of aromatic nitrogens is 2. The van der Waals surface area contributed by atoms with Crippen LogP contribution >= 0.6 is 0 Å². The van der Waals surface area contributed by atoms with Crippen molar-refractivity contribution in [3.8, 4) is 11.3 Å². The van der Waals surface area contributed by atoms with E-state index in [4.69, 9.17) is 18.6 Å². The van der Waals surface area contributed by atoms with E-state index < -0.39 is 17.4 Å². The Labute approximate surface area is 190 Å². The van der Waals surface area contributed by atoms with Crippen molar-refractivity contribution in [2.45, 2.75) is 63.7 Å². The van der Waals surface area contributed by atoms with Gasteiger partial charge in [0.05, 0.1) is 49.3 Å². The smallest absolute Gasteiger partial charge is 0.287 e. The van der Waals surface area contributed by atoms with Gasteiger partial charge >= 0.3 is 0 Å². The number of fused-ring (bicyclic) bond motifs is 3. The number of amides is 1. The largest absolute Gasteiger partial charge is 0.455 e. The molecule has 1 amide bonds. The minimum atomic E-state index is -3.28. The van der Waals surface area contributed by atoms with Crippen LogP contribution in [0.2, 0.25) is 0 Å². The summed E-state index contributed by atoms with van der Waals surface area (Å²) in [6.07, 6.45) is 3.81. The van der Waals surface area contributed by atoms with Gasteiger partial charge in [-0.15, -0.1) is 0 Å². The van der Waals surface area contributed by atoms with E-state index in [1.54, 1.807) is 4.68 Å². The van der Waals surface area contributed by atoms with E-state index in [-0.39, 0.29) is 36.0 Å². The average molecular weight is 465 g/mol. The molecular weight excluding hydrogens is 436 g/mol. The molecule has 2 aromatic heterocycles. The molecule has 33 heavy (non-hydrogen) atoms. The highest BCUT2D eigenvalue weighted by atomic mass is 19.3. The number of rotatable bonds is 6. The van der Waals surface area contributed by atoms with Crippen LogP contribution in [0.3, 0.4) is 0 Å². The van der Waals surface area contributed by atoms with Crippen LogP contribution in [-0.2, 0) is 33.1 Å². The molecule has 2 aliphatic heterocycles. The van der Waals surface area contributed by atoms with Gasteiger partial charge in [0.25, 0.3) is 11.8 Å². The van der Waals surface area contributed by atoms with Crippen molar-refractivity contribution in [1.82, 2.24) is 15.1 Å². The Bertz CT molecular complexity index is 1020. The quantitative estimate of drug-likeness (QED) is 0.705. The molecule has 10 heteroatoms. The molecule has 4 heterocycles. The molecule has 0 radical (unpaired) electrons. The van der Waals surface area contributed by atoms with E-state index in [0.717, 1.165) is 25.3 Å². The van der Waals surface area contributed by atoms with Crippen LogP contribution in [-0.4, -0.2) is 60.9 Å². The molecule has 2 fully saturated rings. The van der Waals surface area contributed by atoms with Gasteiger partial charge in [0.15, 0.2) is 0 Å². The lowest BCUT2D eigenvalue weighted by molar-refractivity contribution is -0.0946. The van der Waals surface area contributed by atoms with Crippen molar-refractivity contribution >= 4 is 5.91 Å². The Morgan fingerprint density at radius 1 is 1.27 bits per heavy atom. The van der Waals surface area contributed by atoms with Crippen molar-refractivity contribution in [3.63, 3.8) is 0 Å². The van der Waals surface area contributed by atoms with Gasteiger partial charge < -0.3 is 23.9 Å². The average Bonchev–Trinajstić information content (AvgIpc) is 3.50. The zero-order valence-corrected chi connectivity index (χ0v) is 18.9. The molecule has 3 aliphatic rings. The van der Waals surface area contributed by atoms with Crippen LogP contribution in [0.25, 0.3) is 11.3 Å². The fourth-order valence-corrected chi connectivity index (χ4v) is 4.87. The van der Waals surface area contributed by atoms with Gasteiger partial charge in [0, 0.05) is 38.3 Å². The van der Waals surface area contributed by atoms with Crippen LogP contribution in [0.15, 0.2) is 10.6 Å². The fraction of sp³-hybridized carbons (Fsp3) is 0.652. The minimum absolute atomic E-state index is 0.0112. The van der Waals surface area contributed by atoms with Gasteiger partial charge in [0.2, 0.25) is 5.76 Å². The van der Waals surface area contributed by atoms with Gasteiger partial charge in [-0.25, -0.2) is 8.78 Å². The van der Waals surface area contributed by atoms with Crippen molar-refractivity contribution in [1.29, 1.82) is 0 Å². The summed E-state index contributed by atoms with van der Waals surface area (Å²) in [6.45, 7) is 5.70. The van der Waals surface area contributed by atoms with Gasteiger partial charge in [-0.05, 0) is 18.8 Å². The third kappa shape index (κ3) is 4.43. The van der Waals surface area contributed by atoms with E-state index >= 15 is 0 Å². The number of furan rings is 1. The first-order valence-electron chi connectivity index (χ1n) is 11.5. The van der Waals surface area contributed by atoms with Crippen molar-refractivity contribution < 1.29 is 32.2 Å². The number of carbonyl (C=O) groups excluding carboxylic acids is 1. The second-order valence-electron chi connectivity index (χ2n) is 9.17. The highest BCUT2D eigenvalue weighted by Crippen LogP contribution is 2.48. The van der Waals surface area contributed by atoms with E-state index in [1.807, 2.05) is 13.1 Å². The Balaban J connectivity index is 1.48. The second-order valence-corrected chi connectivity index (χ2v) is 9.17. The molecular formula is C23H29F2N3O5. The number of nitrogens with one attached hydrogen (secondary N) is 1. The Kier molecular flexibility index (Phi) is 6.00. The van der Waals surface area contributed by atoms with Gasteiger partial charge in [-0.3, -0.25) is 9.48 Å². The lowest BCUT2D eigenvalue weighted by Crippen LogP contribution is -2.32. The number of ether oxygens (including phenoxy) is 3. The van der Waals surface area contributed by atoms with Gasteiger partial charge in [-0.1, -0.05) is 6.92 Å². The summed E-state index contributed by atoms with van der Waals surface area (Å²) in [5.41, 5.74) is 1.13. The molecule has 180 valence electrons. The van der Waals surface area contributed by atoms with E-state index in [0.29, 0.717) is 50.8 Å². The summed E-state index contributed by atoms with van der Waals surface area (Å²) in [4.78, 5) is 12.9. The van der Waals surface area contributed by atoms with Crippen LogP contribution in [0.4, 0.5) is 8.78 Å². The molecule has 0 unspecified atom stereocenters. The maximum Gasteiger partial charge on any atom is 0.287 e. The summed E-state index contributed by atoms with van der Waals surface area (Å²) in [5.74, 6) is -3.90.